The average Bonchev–Trinajstić information content (AvgIpc) is 2.83. The van der Waals surface area contributed by atoms with Crippen molar-refractivity contribution < 1.29 is 8.42 Å². The molecule has 0 amide bonds. The highest BCUT2D eigenvalue weighted by Crippen LogP contribution is 2.28. The summed E-state index contributed by atoms with van der Waals surface area (Å²) in [5.74, 6) is 0. The minimum atomic E-state index is -3.84. The molecular weight excluding hydrogens is 483 g/mol. The maximum atomic E-state index is 12.9. The minimum absolute atomic E-state index is 0.111. The topological polar surface area (TPSA) is 71.9 Å². The molecule has 2 aromatic heterocycles. The molecule has 0 bridgehead atoms. The second-order valence-electron chi connectivity index (χ2n) is 4.78. The molecule has 22 heavy (non-hydrogen) atoms. The molecule has 0 aliphatic heterocycles. The number of fused-ring (bicyclic) bond motifs is 1. The van der Waals surface area contributed by atoms with E-state index < -0.39 is 15.6 Å². The van der Waals surface area contributed by atoms with Gasteiger partial charge >= 0.3 is 0 Å². The summed E-state index contributed by atoms with van der Waals surface area (Å²) in [6.07, 6.45) is 1.50. The maximum absolute atomic E-state index is 12.9. The third kappa shape index (κ3) is 2.42. The molecule has 0 aliphatic rings. The first-order valence-electron chi connectivity index (χ1n) is 6.23. The molecule has 0 unspecified atom stereocenters. The van der Waals surface area contributed by atoms with Crippen molar-refractivity contribution in [3.63, 3.8) is 0 Å². The number of H-pyrrole nitrogens is 1. The van der Waals surface area contributed by atoms with Crippen LogP contribution in [0.3, 0.4) is 0 Å². The fourth-order valence-corrected chi connectivity index (χ4v) is 5.33. The SMILES string of the molecule is Cc1ccc(S(=O)(=O)n2c(I)cc3c(Br)c[nH]c(=O)c32)cc1. The van der Waals surface area contributed by atoms with E-state index in [1.165, 1.54) is 6.20 Å². The Morgan fingerprint density at radius 1 is 1.23 bits per heavy atom. The van der Waals surface area contributed by atoms with Gasteiger partial charge in [-0.05, 0) is 63.6 Å². The van der Waals surface area contributed by atoms with Crippen LogP contribution in [0, 0.1) is 10.6 Å². The molecule has 0 fully saturated rings. The van der Waals surface area contributed by atoms with E-state index in [1.807, 2.05) is 29.5 Å². The van der Waals surface area contributed by atoms with Gasteiger partial charge < -0.3 is 4.98 Å². The highest BCUT2D eigenvalue weighted by molar-refractivity contribution is 14.1. The van der Waals surface area contributed by atoms with E-state index >= 15 is 0 Å². The summed E-state index contributed by atoms with van der Waals surface area (Å²) >= 11 is 5.25. The number of benzene rings is 1. The summed E-state index contributed by atoms with van der Waals surface area (Å²) in [5, 5.41) is 0.559. The van der Waals surface area contributed by atoms with Crippen LogP contribution in [-0.2, 0) is 10.0 Å². The normalized spacial score (nSPS) is 12.0. The molecule has 8 heteroatoms. The van der Waals surface area contributed by atoms with Crippen molar-refractivity contribution in [1.82, 2.24) is 8.96 Å². The molecule has 114 valence electrons. The van der Waals surface area contributed by atoms with Gasteiger partial charge in [0.25, 0.3) is 15.6 Å². The first kappa shape index (κ1) is 15.8. The minimum Gasteiger partial charge on any atom is -0.326 e. The van der Waals surface area contributed by atoms with Gasteiger partial charge in [0, 0.05) is 16.1 Å². The number of nitrogens with zero attached hydrogens (tertiary/aromatic N) is 1. The van der Waals surface area contributed by atoms with Gasteiger partial charge in [-0.1, -0.05) is 17.7 Å². The van der Waals surface area contributed by atoms with E-state index in [-0.39, 0.29) is 10.4 Å². The molecule has 0 radical (unpaired) electrons. The van der Waals surface area contributed by atoms with Crippen LogP contribution < -0.4 is 5.56 Å². The molecular formula is C14H10BrIN2O3S. The molecule has 3 aromatic rings. The summed E-state index contributed by atoms with van der Waals surface area (Å²) in [5.41, 5.74) is 0.628. The highest BCUT2D eigenvalue weighted by Gasteiger charge is 2.24. The van der Waals surface area contributed by atoms with Crippen LogP contribution in [-0.4, -0.2) is 17.4 Å². The van der Waals surface area contributed by atoms with Crippen LogP contribution in [0.25, 0.3) is 10.9 Å². The Morgan fingerprint density at radius 2 is 1.86 bits per heavy atom. The van der Waals surface area contributed by atoms with Crippen molar-refractivity contribution in [2.45, 2.75) is 11.8 Å². The van der Waals surface area contributed by atoms with Gasteiger partial charge in [-0.3, -0.25) is 4.79 Å². The summed E-state index contributed by atoms with van der Waals surface area (Å²) in [6.45, 7) is 1.88. The van der Waals surface area contributed by atoms with Gasteiger partial charge in [0.1, 0.15) is 5.52 Å². The van der Waals surface area contributed by atoms with E-state index in [1.54, 1.807) is 30.3 Å². The lowest BCUT2D eigenvalue weighted by Gasteiger charge is -2.09. The standard InChI is InChI=1S/C14H10BrIN2O3S/c1-8-2-4-9(5-3-8)22(20,21)18-12(16)6-10-11(15)7-17-14(19)13(10)18/h2-7H,1H3,(H,17,19). The lowest BCUT2D eigenvalue weighted by Crippen LogP contribution is -2.19. The zero-order valence-electron chi connectivity index (χ0n) is 11.3. The summed E-state index contributed by atoms with van der Waals surface area (Å²) in [6, 6.07) is 8.20. The largest absolute Gasteiger partial charge is 0.326 e. The lowest BCUT2D eigenvalue weighted by molar-refractivity contribution is 0.588. The van der Waals surface area contributed by atoms with Crippen molar-refractivity contribution in [3.05, 3.63) is 60.6 Å². The maximum Gasteiger partial charge on any atom is 0.273 e. The predicted molar refractivity (Wildman–Crippen MR) is 96.7 cm³/mol. The first-order valence-corrected chi connectivity index (χ1v) is 9.54. The van der Waals surface area contributed by atoms with Crippen molar-refractivity contribution in [2.24, 2.45) is 0 Å². The summed E-state index contributed by atoms with van der Waals surface area (Å²) < 4.78 is 28.0. The third-order valence-electron chi connectivity index (χ3n) is 3.28. The fourth-order valence-electron chi connectivity index (χ4n) is 2.18. The highest BCUT2D eigenvalue weighted by atomic mass is 127. The van der Waals surface area contributed by atoms with Crippen molar-refractivity contribution >= 4 is 59.4 Å². The molecule has 5 nitrogen and oxygen atoms in total. The van der Waals surface area contributed by atoms with Crippen LogP contribution in [0.1, 0.15) is 5.56 Å². The number of aryl methyl sites for hydroxylation is 1. The first-order chi connectivity index (χ1) is 10.3. The Balaban J connectivity index is 2.39. The number of pyridine rings is 1. The second kappa shape index (κ2) is 5.50. The van der Waals surface area contributed by atoms with E-state index in [0.29, 0.717) is 13.6 Å². The van der Waals surface area contributed by atoms with Gasteiger partial charge in [-0.25, -0.2) is 12.4 Å². The van der Waals surface area contributed by atoms with E-state index in [9.17, 15) is 13.2 Å². The van der Waals surface area contributed by atoms with Gasteiger partial charge in [0.15, 0.2) is 0 Å². The molecule has 0 atom stereocenters. The van der Waals surface area contributed by atoms with Gasteiger partial charge in [0.2, 0.25) is 0 Å². The van der Waals surface area contributed by atoms with Crippen LogP contribution in [0.2, 0.25) is 0 Å². The van der Waals surface area contributed by atoms with E-state index in [4.69, 9.17) is 0 Å². The number of nitrogens with one attached hydrogen (secondary N) is 1. The Hall–Kier alpha value is -1.13. The van der Waals surface area contributed by atoms with Gasteiger partial charge in [-0.15, -0.1) is 0 Å². The number of halogens is 2. The van der Waals surface area contributed by atoms with Gasteiger partial charge in [0.05, 0.1) is 8.60 Å². The molecule has 1 N–H and O–H groups in total. The lowest BCUT2D eigenvalue weighted by atomic mass is 10.2. The molecule has 0 aliphatic carbocycles. The van der Waals surface area contributed by atoms with Crippen LogP contribution in [0.5, 0.6) is 0 Å². The Bertz CT molecular complexity index is 1040. The van der Waals surface area contributed by atoms with Crippen LogP contribution in [0.15, 0.2) is 50.7 Å². The van der Waals surface area contributed by atoms with Gasteiger partial charge in [-0.2, -0.15) is 0 Å². The van der Waals surface area contributed by atoms with Crippen molar-refractivity contribution in [1.29, 1.82) is 0 Å². The number of aromatic nitrogens is 2. The molecule has 0 spiro atoms. The Labute approximate surface area is 148 Å². The Kier molecular flexibility index (Phi) is 3.94. The van der Waals surface area contributed by atoms with E-state index in [0.717, 1.165) is 9.54 Å². The van der Waals surface area contributed by atoms with E-state index in [2.05, 4.69) is 20.9 Å². The van der Waals surface area contributed by atoms with Crippen molar-refractivity contribution in [3.8, 4) is 0 Å². The molecule has 3 rings (SSSR count). The second-order valence-corrected chi connectivity index (χ2v) is 8.52. The van der Waals surface area contributed by atoms with Crippen LogP contribution in [0.4, 0.5) is 0 Å². The zero-order chi connectivity index (χ0) is 16.1. The number of hydrogen-bond acceptors (Lipinski definition) is 3. The number of aromatic amines is 1. The summed E-state index contributed by atoms with van der Waals surface area (Å²) in [4.78, 5) is 14.8. The molecule has 1 aromatic carbocycles. The smallest absolute Gasteiger partial charge is 0.273 e. The monoisotopic (exact) mass is 492 g/mol. The van der Waals surface area contributed by atoms with Crippen molar-refractivity contribution in [2.75, 3.05) is 0 Å². The molecule has 2 heterocycles. The molecule has 0 saturated carbocycles. The Morgan fingerprint density at radius 3 is 2.50 bits per heavy atom. The third-order valence-corrected chi connectivity index (χ3v) is 6.78. The fraction of sp³-hybridized carbons (Fsp3) is 0.0714. The zero-order valence-corrected chi connectivity index (χ0v) is 15.9. The predicted octanol–water partition coefficient (Wildman–Crippen LogP) is 3.24. The average molecular weight is 493 g/mol. The summed E-state index contributed by atoms with van der Waals surface area (Å²) in [7, 11) is -3.84. The quantitative estimate of drug-likeness (QED) is 0.558. The van der Waals surface area contributed by atoms with Crippen LogP contribution >= 0.6 is 38.5 Å². The molecule has 0 saturated heterocycles. The number of hydrogen-bond donors (Lipinski definition) is 1. The number of rotatable bonds is 2.